The van der Waals surface area contributed by atoms with Gasteiger partial charge in [-0.3, -0.25) is 24.1 Å². The third kappa shape index (κ3) is 3.05. The highest BCUT2D eigenvalue weighted by molar-refractivity contribution is 6.53. The minimum atomic E-state index is -2.11. The lowest BCUT2D eigenvalue weighted by Gasteiger charge is -2.50. The number of aromatic hydroxyl groups is 1. The Morgan fingerprint density at radius 1 is 1.03 bits per heavy atom. The molecule has 2 aliphatic carbocycles. The molecule has 5 rings (SSSR count). The maximum atomic E-state index is 13.6. The molecule has 0 spiro atoms. The summed E-state index contributed by atoms with van der Waals surface area (Å²) in [6, 6.07) is 2.78. The molecule has 1 aromatic carbocycles. The highest BCUT2D eigenvalue weighted by Gasteiger charge is 2.76. The van der Waals surface area contributed by atoms with Crippen LogP contribution in [0.5, 0.6) is 17.2 Å². The van der Waals surface area contributed by atoms with Gasteiger partial charge in [0, 0.05) is 30.7 Å². The Morgan fingerprint density at radius 2 is 1.71 bits per heavy atom. The molecule has 0 radical (unpaired) electrons. The molecule has 1 N–H and O–H groups in total. The second kappa shape index (κ2) is 8.60. The van der Waals surface area contributed by atoms with Gasteiger partial charge in [0.25, 0.3) is 11.8 Å². The maximum Gasteiger partial charge on any atom is 0.423 e. The standard InChI is InChI=1S/C25H24Cl2N2O9/c1-28-21(33)24(26)9-13-11(5-6-12-16(13)20(32)29(19(12)31)23(35)38-4)18(25(24,27)22(28)34)17-14(30)7-10(36-2)8-15(17)37-3/h5,7-8,12-13,16,18,30H,6,9H2,1-4H3/t12-,13+,16-,18+,24+,25-/m0/s1. The van der Waals surface area contributed by atoms with E-state index in [1.54, 1.807) is 6.08 Å². The Bertz CT molecular complexity index is 1350. The van der Waals surface area contributed by atoms with Crippen LogP contribution in [-0.4, -0.2) is 82.8 Å². The van der Waals surface area contributed by atoms with E-state index in [4.69, 9.17) is 32.7 Å². The van der Waals surface area contributed by atoms with Gasteiger partial charge < -0.3 is 19.3 Å². The summed E-state index contributed by atoms with van der Waals surface area (Å²) in [4.78, 5) is 63.0. The average molecular weight is 567 g/mol. The summed E-state index contributed by atoms with van der Waals surface area (Å²) >= 11 is 14.1. The number of nitrogens with zero attached hydrogens (tertiary/aromatic N) is 2. The van der Waals surface area contributed by atoms with Gasteiger partial charge in [-0.1, -0.05) is 11.6 Å². The number of phenolic OH excluding ortho intramolecular Hbond substituents is 1. The molecule has 0 aromatic heterocycles. The van der Waals surface area contributed by atoms with Crippen molar-refractivity contribution < 1.29 is 43.3 Å². The zero-order valence-electron chi connectivity index (χ0n) is 20.8. The minimum absolute atomic E-state index is 0.0462. The van der Waals surface area contributed by atoms with Crippen LogP contribution in [-0.2, 0) is 23.9 Å². The van der Waals surface area contributed by atoms with E-state index in [-0.39, 0.29) is 35.7 Å². The maximum absolute atomic E-state index is 13.6. The Kier molecular flexibility index (Phi) is 5.96. The number of hydrogen-bond donors (Lipinski definition) is 1. The molecule has 1 saturated carbocycles. The van der Waals surface area contributed by atoms with Crippen LogP contribution >= 0.6 is 23.2 Å². The van der Waals surface area contributed by atoms with E-state index in [9.17, 15) is 29.1 Å². The van der Waals surface area contributed by atoms with E-state index < -0.39 is 63.1 Å². The number of likely N-dealkylation sites (tertiary alicyclic amines) is 2. The van der Waals surface area contributed by atoms with Gasteiger partial charge in [0.15, 0.2) is 9.75 Å². The number of halogens is 2. The quantitative estimate of drug-likeness (QED) is 0.331. The summed E-state index contributed by atoms with van der Waals surface area (Å²) in [5, 5.41) is 11.2. The lowest BCUT2D eigenvalue weighted by molar-refractivity contribution is -0.139. The molecule has 2 heterocycles. The van der Waals surface area contributed by atoms with Crippen LogP contribution in [0.3, 0.4) is 0 Å². The van der Waals surface area contributed by atoms with E-state index in [0.717, 1.165) is 12.0 Å². The summed E-state index contributed by atoms with van der Waals surface area (Å²) < 4.78 is 15.4. The van der Waals surface area contributed by atoms with E-state index >= 15 is 0 Å². The molecular weight excluding hydrogens is 543 g/mol. The van der Waals surface area contributed by atoms with Crippen molar-refractivity contribution in [3.63, 3.8) is 0 Å². The summed E-state index contributed by atoms with van der Waals surface area (Å²) in [6.45, 7) is 0. The molecule has 1 aromatic rings. The third-order valence-corrected chi connectivity index (χ3v) is 9.62. The number of alkyl halides is 2. The number of imide groups is 4. The number of fused-ring (bicyclic) bond motifs is 4. The van der Waals surface area contributed by atoms with Gasteiger partial charge in [-0.25, -0.2) is 4.79 Å². The largest absolute Gasteiger partial charge is 0.507 e. The van der Waals surface area contributed by atoms with Crippen molar-refractivity contribution in [2.45, 2.75) is 28.5 Å². The number of benzene rings is 1. The Hall–Kier alpha value is -3.31. The van der Waals surface area contributed by atoms with Crippen molar-refractivity contribution >= 4 is 52.9 Å². The van der Waals surface area contributed by atoms with Gasteiger partial charge in [0.2, 0.25) is 11.8 Å². The van der Waals surface area contributed by atoms with Crippen LogP contribution in [0.4, 0.5) is 4.79 Å². The number of carbonyl (C=O) groups excluding carboxylic acids is 5. The van der Waals surface area contributed by atoms with Crippen LogP contribution in [0.25, 0.3) is 0 Å². The zero-order valence-corrected chi connectivity index (χ0v) is 22.3. The third-order valence-electron chi connectivity index (χ3n) is 8.21. The first kappa shape index (κ1) is 26.3. The molecular formula is C25H24Cl2N2O9. The molecule has 4 aliphatic rings. The number of methoxy groups -OCH3 is 3. The minimum Gasteiger partial charge on any atom is -0.507 e. The normalized spacial score (nSPS) is 34.0. The van der Waals surface area contributed by atoms with Gasteiger partial charge in [0.05, 0.1) is 33.2 Å². The SMILES string of the molecule is COC(=O)N1C(=O)[C@H]2[C@H](CC=C3[C@H]2C[C@@]2(Cl)C(=O)N(C)C(=O)[C@@]2(Cl)[C@H]3c2c(O)cc(OC)cc2OC)C1=O. The molecule has 38 heavy (non-hydrogen) atoms. The monoisotopic (exact) mass is 566 g/mol. The van der Waals surface area contributed by atoms with Crippen molar-refractivity contribution in [2.75, 3.05) is 28.4 Å². The molecule has 13 heteroatoms. The highest BCUT2D eigenvalue weighted by Crippen LogP contribution is 2.67. The molecule has 5 amide bonds. The number of phenols is 1. The van der Waals surface area contributed by atoms with E-state index in [1.165, 1.54) is 33.4 Å². The number of hydrogen-bond acceptors (Lipinski definition) is 9. The number of ether oxygens (including phenoxy) is 3. The number of carbonyl (C=O) groups is 5. The predicted molar refractivity (Wildman–Crippen MR) is 131 cm³/mol. The Labute approximate surface area is 227 Å². The summed E-state index contributed by atoms with van der Waals surface area (Å²) in [5.74, 6) is -7.14. The van der Waals surface area contributed by atoms with Crippen LogP contribution in [0, 0.1) is 17.8 Å². The topological polar surface area (TPSA) is 140 Å². The second-order valence-electron chi connectivity index (χ2n) is 9.74. The summed E-state index contributed by atoms with van der Waals surface area (Å²) in [6.07, 6.45) is 0.341. The Balaban J connectivity index is 1.77. The average Bonchev–Trinajstić information content (AvgIpc) is 3.23. The Morgan fingerprint density at radius 3 is 2.32 bits per heavy atom. The fraction of sp³-hybridized carbons (Fsp3) is 0.480. The predicted octanol–water partition coefficient (Wildman–Crippen LogP) is 2.16. The van der Waals surface area contributed by atoms with Crippen molar-refractivity contribution in [3.8, 4) is 17.2 Å². The molecule has 6 atom stereocenters. The lowest BCUT2D eigenvalue weighted by atomic mass is 9.56. The zero-order chi connectivity index (χ0) is 27.9. The van der Waals surface area contributed by atoms with Crippen molar-refractivity contribution in [1.29, 1.82) is 0 Å². The number of allylic oxidation sites excluding steroid dienone is 2. The van der Waals surface area contributed by atoms with Gasteiger partial charge in [-0.15, -0.1) is 23.2 Å². The van der Waals surface area contributed by atoms with E-state index in [1.807, 2.05) is 0 Å². The molecule has 2 aliphatic heterocycles. The fourth-order valence-electron chi connectivity index (χ4n) is 6.50. The first-order valence-corrected chi connectivity index (χ1v) is 12.5. The van der Waals surface area contributed by atoms with Crippen LogP contribution in [0.15, 0.2) is 23.8 Å². The van der Waals surface area contributed by atoms with Crippen molar-refractivity contribution in [2.24, 2.45) is 17.8 Å². The smallest absolute Gasteiger partial charge is 0.423 e. The van der Waals surface area contributed by atoms with E-state index in [2.05, 4.69) is 4.74 Å². The second-order valence-corrected chi connectivity index (χ2v) is 11.0. The lowest BCUT2D eigenvalue weighted by Crippen LogP contribution is -2.60. The molecule has 0 unspecified atom stereocenters. The molecule has 3 fully saturated rings. The summed E-state index contributed by atoms with van der Waals surface area (Å²) in [5.41, 5.74) is 0.501. The van der Waals surface area contributed by atoms with Crippen molar-refractivity contribution in [3.05, 3.63) is 29.3 Å². The van der Waals surface area contributed by atoms with Gasteiger partial charge >= 0.3 is 6.09 Å². The fourth-order valence-corrected chi connectivity index (χ4v) is 7.50. The number of amides is 5. The van der Waals surface area contributed by atoms with Gasteiger partial charge in [0.1, 0.15) is 17.2 Å². The summed E-state index contributed by atoms with van der Waals surface area (Å²) in [7, 11) is 5.05. The van der Waals surface area contributed by atoms with Gasteiger partial charge in [-0.2, -0.15) is 4.90 Å². The molecule has 0 bridgehead atoms. The van der Waals surface area contributed by atoms with Crippen molar-refractivity contribution in [1.82, 2.24) is 9.80 Å². The first-order valence-electron chi connectivity index (χ1n) is 11.7. The van der Waals surface area contributed by atoms with Crippen LogP contribution in [0.2, 0.25) is 0 Å². The first-order chi connectivity index (χ1) is 17.9. The molecule has 2 saturated heterocycles. The van der Waals surface area contributed by atoms with Crippen LogP contribution in [0.1, 0.15) is 24.3 Å². The highest BCUT2D eigenvalue weighted by atomic mass is 35.5. The number of rotatable bonds is 3. The van der Waals surface area contributed by atoms with Gasteiger partial charge in [-0.05, 0) is 18.8 Å². The van der Waals surface area contributed by atoms with E-state index in [0.29, 0.717) is 10.5 Å². The van der Waals surface area contributed by atoms with Crippen LogP contribution < -0.4 is 9.47 Å². The molecule has 202 valence electrons. The molecule has 11 nitrogen and oxygen atoms in total.